The normalized spacial score (nSPS) is 46.9. The number of allylic oxidation sites excluding steroid dienone is 1. The number of aliphatic hydroxyl groups is 1. The molecule has 0 radical (unpaired) electrons. The summed E-state index contributed by atoms with van der Waals surface area (Å²) in [6.07, 6.45) is 0.771. The summed E-state index contributed by atoms with van der Waals surface area (Å²) in [6, 6.07) is 0. The van der Waals surface area contributed by atoms with Crippen LogP contribution < -0.4 is 0 Å². The van der Waals surface area contributed by atoms with Gasteiger partial charge in [-0.3, -0.25) is 4.79 Å². The fourth-order valence-electron chi connectivity index (χ4n) is 3.78. The van der Waals surface area contributed by atoms with Gasteiger partial charge in [0.15, 0.2) is 5.78 Å². The summed E-state index contributed by atoms with van der Waals surface area (Å²) < 4.78 is 16.8. The summed E-state index contributed by atoms with van der Waals surface area (Å²) in [5, 5.41) is 10.6. The molecule has 0 amide bonds. The molecule has 1 aliphatic carbocycles. The van der Waals surface area contributed by atoms with Crippen molar-refractivity contribution in [1.82, 2.24) is 0 Å². The smallest absolute Gasteiger partial charge is 0.259 e. The highest BCUT2D eigenvalue weighted by Gasteiger charge is 2.60. The van der Waals surface area contributed by atoms with Crippen molar-refractivity contribution in [3.63, 3.8) is 0 Å². The van der Waals surface area contributed by atoms with Gasteiger partial charge in [-0.2, -0.15) is 0 Å². The number of hydrogen-bond acceptors (Lipinski definition) is 5. The van der Waals surface area contributed by atoms with E-state index in [1.54, 1.807) is 0 Å². The Morgan fingerprint density at radius 1 is 1.32 bits per heavy atom. The lowest BCUT2D eigenvalue weighted by molar-refractivity contribution is -0.331. The Hall–Kier alpha value is -0.910. The zero-order valence-electron chi connectivity index (χ0n) is 11.1. The Balaban J connectivity index is 1.81. The molecule has 4 bridgehead atoms. The van der Waals surface area contributed by atoms with E-state index >= 15 is 0 Å². The van der Waals surface area contributed by atoms with Crippen LogP contribution in [0, 0.1) is 11.3 Å². The average molecular weight is 266 g/mol. The third kappa shape index (κ3) is 1.55. The standard InChI is InChI=1S/C14H18O5/c1-13(2)4-8(15)11-7-3-14(16,19-9(11)5-13)12-17-6-10(7)18-12/h7,10,12,16H,3-6H2,1-2H3/t7-,10+,12+,14-/m0/s1. The minimum Gasteiger partial charge on any atom is -0.461 e. The number of carbonyl (C=O) groups is 1. The Morgan fingerprint density at radius 2 is 2.11 bits per heavy atom. The van der Waals surface area contributed by atoms with Gasteiger partial charge >= 0.3 is 0 Å². The molecule has 19 heavy (non-hydrogen) atoms. The van der Waals surface area contributed by atoms with E-state index in [9.17, 15) is 9.90 Å². The quantitative estimate of drug-likeness (QED) is 0.711. The highest BCUT2D eigenvalue weighted by molar-refractivity contribution is 5.98. The number of rotatable bonds is 0. The molecule has 0 unspecified atom stereocenters. The van der Waals surface area contributed by atoms with Crippen LogP contribution in [0.1, 0.15) is 33.1 Å². The van der Waals surface area contributed by atoms with E-state index in [2.05, 4.69) is 0 Å². The van der Waals surface area contributed by atoms with Gasteiger partial charge in [-0.05, 0) is 5.41 Å². The molecule has 2 fully saturated rings. The lowest BCUT2D eigenvalue weighted by Crippen LogP contribution is -2.56. The first-order valence-corrected chi connectivity index (χ1v) is 6.83. The van der Waals surface area contributed by atoms with E-state index in [4.69, 9.17) is 14.2 Å². The van der Waals surface area contributed by atoms with E-state index in [-0.39, 0.29) is 23.2 Å². The average Bonchev–Trinajstić information content (AvgIpc) is 2.70. The molecule has 3 aliphatic heterocycles. The molecule has 1 N–H and O–H groups in total. The first-order chi connectivity index (χ1) is 8.88. The van der Waals surface area contributed by atoms with Crippen molar-refractivity contribution in [1.29, 1.82) is 0 Å². The van der Waals surface area contributed by atoms with Crippen LogP contribution in [0.2, 0.25) is 0 Å². The van der Waals surface area contributed by atoms with Gasteiger partial charge < -0.3 is 19.3 Å². The van der Waals surface area contributed by atoms with Crippen LogP contribution in [0.3, 0.4) is 0 Å². The fraction of sp³-hybridized carbons (Fsp3) is 0.786. The Kier molecular flexibility index (Phi) is 2.12. The SMILES string of the molecule is CC1(C)CC(=O)C2=C(C1)O[C@@]1(O)C[C@H]2[C@H]2CO[C@@H]1O2. The lowest BCUT2D eigenvalue weighted by Gasteiger charge is -2.48. The maximum absolute atomic E-state index is 12.4. The number of fused-ring (bicyclic) bond motifs is 7. The molecule has 0 aromatic rings. The van der Waals surface area contributed by atoms with Crippen molar-refractivity contribution in [2.24, 2.45) is 11.3 Å². The molecule has 3 heterocycles. The van der Waals surface area contributed by atoms with E-state index in [1.165, 1.54) is 0 Å². The number of ether oxygens (including phenoxy) is 3. The molecule has 104 valence electrons. The molecule has 5 heteroatoms. The summed E-state index contributed by atoms with van der Waals surface area (Å²) >= 11 is 0. The van der Waals surface area contributed by atoms with E-state index < -0.39 is 12.1 Å². The van der Waals surface area contributed by atoms with Crippen molar-refractivity contribution in [2.75, 3.05) is 6.61 Å². The van der Waals surface area contributed by atoms with Gasteiger partial charge in [-0.1, -0.05) is 13.8 Å². The highest BCUT2D eigenvalue weighted by Crippen LogP contribution is 2.52. The van der Waals surface area contributed by atoms with E-state index in [1.807, 2.05) is 13.8 Å². The van der Waals surface area contributed by atoms with Crippen LogP contribution in [0.4, 0.5) is 0 Å². The van der Waals surface area contributed by atoms with Crippen LogP contribution in [-0.4, -0.2) is 35.7 Å². The second-order valence-electron chi connectivity index (χ2n) is 6.88. The predicted octanol–water partition coefficient (Wildman–Crippen LogP) is 1.11. The predicted molar refractivity (Wildman–Crippen MR) is 63.8 cm³/mol. The van der Waals surface area contributed by atoms with Gasteiger partial charge in [0.05, 0.1) is 12.7 Å². The summed E-state index contributed by atoms with van der Waals surface area (Å²) in [5.41, 5.74) is 0.622. The zero-order valence-corrected chi connectivity index (χ0v) is 11.1. The first-order valence-electron chi connectivity index (χ1n) is 6.83. The summed E-state index contributed by atoms with van der Waals surface area (Å²) in [5.74, 6) is -0.725. The topological polar surface area (TPSA) is 65.0 Å². The molecule has 0 saturated carbocycles. The van der Waals surface area contributed by atoms with Gasteiger partial charge in [-0.15, -0.1) is 0 Å². The van der Waals surface area contributed by atoms with Gasteiger partial charge in [0.2, 0.25) is 6.29 Å². The van der Waals surface area contributed by atoms with Crippen molar-refractivity contribution in [3.8, 4) is 0 Å². The fourth-order valence-corrected chi connectivity index (χ4v) is 3.78. The third-order valence-electron chi connectivity index (χ3n) is 4.59. The van der Waals surface area contributed by atoms with E-state index in [0.717, 1.165) is 5.57 Å². The number of Topliss-reactive ketones (excluding diaryl/α,β-unsaturated/α-hetero) is 1. The van der Waals surface area contributed by atoms with Gasteiger partial charge in [0.25, 0.3) is 5.79 Å². The molecule has 4 atom stereocenters. The molecule has 4 aliphatic rings. The first kappa shape index (κ1) is 11.9. The minimum atomic E-state index is -1.43. The van der Waals surface area contributed by atoms with E-state index in [0.29, 0.717) is 31.6 Å². The lowest BCUT2D eigenvalue weighted by atomic mass is 9.70. The van der Waals surface area contributed by atoms with Crippen molar-refractivity contribution >= 4 is 5.78 Å². The maximum Gasteiger partial charge on any atom is 0.259 e. The van der Waals surface area contributed by atoms with Crippen LogP contribution in [-0.2, 0) is 19.0 Å². The minimum absolute atomic E-state index is 0.0869. The van der Waals surface area contributed by atoms with Crippen LogP contribution in [0.25, 0.3) is 0 Å². The van der Waals surface area contributed by atoms with Gasteiger partial charge in [0, 0.05) is 30.8 Å². The number of hydrogen-bond donors (Lipinski definition) is 1. The number of carbonyl (C=O) groups excluding carboxylic acids is 1. The molecule has 2 saturated heterocycles. The summed E-state index contributed by atoms with van der Waals surface area (Å²) in [7, 11) is 0. The van der Waals surface area contributed by atoms with Crippen LogP contribution in [0.15, 0.2) is 11.3 Å². The Morgan fingerprint density at radius 3 is 2.89 bits per heavy atom. The second kappa shape index (κ2) is 3.40. The van der Waals surface area contributed by atoms with Crippen molar-refractivity contribution in [2.45, 2.75) is 51.3 Å². The molecule has 0 spiro atoms. The molecule has 0 aromatic heterocycles. The second-order valence-corrected chi connectivity index (χ2v) is 6.88. The van der Waals surface area contributed by atoms with Crippen LogP contribution in [0.5, 0.6) is 0 Å². The maximum atomic E-state index is 12.4. The third-order valence-corrected chi connectivity index (χ3v) is 4.59. The van der Waals surface area contributed by atoms with Gasteiger partial charge in [-0.25, -0.2) is 0 Å². The molecule has 4 rings (SSSR count). The summed E-state index contributed by atoms with van der Waals surface area (Å²) in [6.45, 7) is 4.52. The van der Waals surface area contributed by atoms with Crippen LogP contribution >= 0.6 is 0 Å². The van der Waals surface area contributed by atoms with Crippen molar-refractivity contribution in [3.05, 3.63) is 11.3 Å². The zero-order chi connectivity index (χ0) is 13.4. The number of ketones is 1. The Labute approximate surface area is 111 Å². The van der Waals surface area contributed by atoms with Crippen molar-refractivity contribution < 1.29 is 24.1 Å². The van der Waals surface area contributed by atoms with Gasteiger partial charge in [0.1, 0.15) is 5.76 Å². The summed E-state index contributed by atoms with van der Waals surface area (Å²) in [4.78, 5) is 12.4. The Bertz CT molecular complexity index is 494. The molecular formula is C14H18O5. The molecule has 5 nitrogen and oxygen atoms in total. The monoisotopic (exact) mass is 266 g/mol. The molecule has 0 aromatic carbocycles. The largest absolute Gasteiger partial charge is 0.461 e. The molecular weight excluding hydrogens is 248 g/mol. The highest BCUT2D eigenvalue weighted by atomic mass is 16.8.